The van der Waals surface area contributed by atoms with E-state index in [1.165, 1.54) is 31.4 Å². The van der Waals surface area contributed by atoms with Crippen LogP contribution in [-0.4, -0.2) is 53.3 Å². The second-order valence-corrected chi connectivity index (χ2v) is 10.7. The highest BCUT2D eigenvalue weighted by atomic mass is 35.5. The van der Waals surface area contributed by atoms with E-state index in [4.69, 9.17) is 30.9 Å². The van der Waals surface area contributed by atoms with Gasteiger partial charge in [0.15, 0.2) is 11.5 Å². The fourth-order valence-electron chi connectivity index (χ4n) is 4.08. The smallest absolute Gasteiger partial charge is 0.416 e. The Bertz CT molecular complexity index is 1680. The maximum atomic E-state index is 13.2. The fraction of sp³-hybridized carbons (Fsp3) is 0.200. The van der Waals surface area contributed by atoms with Crippen LogP contribution < -0.4 is 19.5 Å². The molecule has 2 N–H and O–H groups in total. The standard InChI is InChI=1S/C30H24ClF3N2O8S/c1-3-43-23-11-17(10-20(31)26(23)44-15-16-4-6-18(7-5-16)28(39)40)12-24-27(38)36(29(41)45-24)14-25(37)35-21-13-19(30(32,33)34)8-9-22(21)42-2/h4-13H,3,14-15H2,1-2H3,(H,35,37)(H,39,40)/b24-12-. The normalized spacial score (nSPS) is 14.1. The van der Waals surface area contributed by atoms with Gasteiger partial charge in [-0.05, 0) is 78.4 Å². The van der Waals surface area contributed by atoms with E-state index in [-0.39, 0.29) is 51.6 Å². The van der Waals surface area contributed by atoms with Crippen molar-refractivity contribution in [2.24, 2.45) is 0 Å². The summed E-state index contributed by atoms with van der Waals surface area (Å²) in [6.07, 6.45) is -3.30. The molecule has 0 aromatic heterocycles. The zero-order valence-corrected chi connectivity index (χ0v) is 25.1. The number of thioether (sulfide) groups is 1. The molecule has 1 aliphatic rings. The number of hydrogen-bond donors (Lipinski definition) is 2. The topological polar surface area (TPSA) is 131 Å². The third-order valence-electron chi connectivity index (χ3n) is 6.19. The molecule has 0 spiro atoms. The first-order chi connectivity index (χ1) is 21.3. The summed E-state index contributed by atoms with van der Waals surface area (Å²) >= 11 is 7.04. The molecule has 1 saturated heterocycles. The number of anilines is 1. The van der Waals surface area contributed by atoms with Gasteiger partial charge >= 0.3 is 12.1 Å². The number of hydrogen-bond acceptors (Lipinski definition) is 8. The number of ether oxygens (including phenoxy) is 3. The molecule has 15 heteroatoms. The molecular formula is C30H24ClF3N2O8S. The minimum atomic E-state index is -4.67. The molecule has 0 bridgehead atoms. The third-order valence-corrected chi connectivity index (χ3v) is 7.38. The number of alkyl halides is 3. The number of halogens is 4. The van der Waals surface area contributed by atoms with Gasteiger partial charge in [0.05, 0.1) is 40.5 Å². The number of benzene rings is 3. The van der Waals surface area contributed by atoms with E-state index in [2.05, 4.69) is 5.32 Å². The van der Waals surface area contributed by atoms with Gasteiger partial charge in [-0.3, -0.25) is 19.3 Å². The Morgan fingerprint density at radius 1 is 1.04 bits per heavy atom. The van der Waals surface area contributed by atoms with Crippen molar-refractivity contribution < 1.29 is 51.7 Å². The minimum Gasteiger partial charge on any atom is -0.495 e. The van der Waals surface area contributed by atoms with Gasteiger partial charge in [-0.2, -0.15) is 13.2 Å². The van der Waals surface area contributed by atoms with Crippen LogP contribution in [0.3, 0.4) is 0 Å². The molecule has 4 rings (SSSR count). The lowest BCUT2D eigenvalue weighted by Gasteiger charge is -2.16. The molecule has 0 saturated carbocycles. The summed E-state index contributed by atoms with van der Waals surface area (Å²) < 4.78 is 56.0. The Morgan fingerprint density at radius 2 is 1.76 bits per heavy atom. The third kappa shape index (κ3) is 8.08. The molecule has 3 aromatic rings. The van der Waals surface area contributed by atoms with E-state index in [0.717, 1.165) is 12.1 Å². The van der Waals surface area contributed by atoms with Crippen molar-refractivity contribution in [2.75, 3.05) is 25.6 Å². The monoisotopic (exact) mass is 664 g/mol. The van der Waals surface area contributed by atoms with Gasteiger partial charge < -0.3 is 24.6 Å². The first-order valence-electron chi connectivity index (χ1n) is 13.0. The number of carbonyl (C=O) groups is 4. The molecule has 10 nitrogen and oxygen atoms in total. The molecule has 3 aromatic carbocycles. The molecule has 0 radical (unpaired) electrons. The predicted octanol–water partition coefficient (Wildman–Crippen LogP) is 6.72. The maximum absolute atomic E-state index is 13.2. The van der Waals surface area contributed by atoms with Crippen molar-refractivity contribution in [3.63, 3.8) is 0 Å². The van der Waals surface area contributed by atoms with Crippen LogP contribution in [0.5, 0.6) is 17.2 Å². The second-order valence-electron chi connectivity index (χ2n) is 9.28. The number of methoxy groups -OCH3 is 1. The Labute approximate surface area is 263 Å². The summed E-state index contributed by atoms with van der Waals surface area (Å²) in [6.45, 7) is 1.27. The van der Waals surface area contributed by atoms with Crippen molar-refractivity contribution in [2.45, 2.75) is 19.7 Å². The van der Waals surface area contributed by atoms with Crippen molar-refractivity contribution in [3.05, 3.63) is 86.8 Å². The lowest BCUT2D eigenvalue weighted by molar-refractivity contribution is -0.137. The van der Waals surface area contributed by atoms with E-state index in [1.807, 2.05) is 0 Å². The highest BCUT2D eigenvalue weighted by Crippen LogP contribution is 2.40. The molecule has 3 amide bonds. The number of amides is 3. The van der Waals surface area contributed by atoms with Gasteiger partial charge in [0, 0.05) is 0 Å². The Morgan fingerprint density at radius 3 is 2.38 bits per heavy atom. The van der Waals surface area contributed by atoms with Crippen LogP contribution in [0.4, 0.5) is 23.7 Å². The summed E-state index contributed by atoms with van der Waals surface area (Å²) in [4.78, 5) is 50.0. The Hall–Kier alpha value is -4.69. The van der Waals surface area contributed by atoms with Crippen molar-refractivity contribution in [3.8, 4) is 17.2 Å². The first-order valence-corrected chi connectivity index (χ1v) is 14.2. The fourth-order valence-corrected chi connectivity index (χ4v) is 5.19. The molecule has 1 fully saturated rings. The van der Waals surface area contributed by atoms with Crippen LogP contribution >= 0.6 is 23.4 Å². The number of nitrogens with zero attached hydrogens (tertiary/aromatic N) is 1. The van der Waals surface area contributed by atoms with E-state index in [9.17, 15) is 32.3 Å². The predicted molar refractivity (Wildman–Crippen MR) is 160 cm³/mol. The molecule has 1 heterocycles. The molecule has 0 aliphatic carbocycles. The minimum absolute atomic E-state index is 0.0323. The highest BCUT2D eigenvalue weighted by Gasteiger charge is 2.37. The molecule has 0 atom stereocenters. The van der Waals surface area contributed by atoms with Gasteiger partial charge in [0.2, 0.25) is 5.91 Å². The molecule has 236 valence electrons. The molecule has 1 aliphatic heterocycles. The summed E-state index contributed by atoms with van der Waals surface area (Å²) in [5.74, 6) is -2.38. The van der Waals surface area contributed by atoms with Crippen LogP contribution in [0.2, 0.25) is 5.02 Å². The zero-order chi connectivity index (χ0) is 32.9. The van der Waals surface area contributed by atoms with E-state index >= 15 is 0 Å². The molecular weight excluding hydrogens is 641 g/mol. The number of carboxylic acid groups (broad SMARTS) is 1. The number of nitrogens with one attached hydrogen (secondary N) is 1. The van der Waals surface area contributed by atoms with Crippen LogP contribution in [0.15, 0.2) is 59.5 Å². The van der Waals surface area contributed by atoms with Gasteiger partial charge in [-0.15, -0.1) is 0 Å². The quantitative estimate of drug-likeness (QED) is 0.215. The lowest BCUT2D eigenvalue weighted by atomic mass is 10.1. The van der Waals surface area contributed by atoms with E-state index in [0.29, 0.717) is 33.9 Å². The maximum Gasteiger partial charge on any atom is 0.416 e. The van der Waals surface area contributed by atoms with Crippen molar-refractivity contribution in [1.82, 2.24) is 4.90 Å². The SMILES string of the molecule is CCOc1cc(/C=C2\SC(=O)N(CC(=O)Nc3cc(C(F)(F)F)ccc3OC)C2=O)cc(Cl)c1OCc1ccc(C(=O)O)cc1. The van der Waals surface area contributed by atoms with Crippen LogP contribution in [-0.2, 0) is 22.4 Å². The first kappa shape index (κ1) is 33.2. The highest BCUT2D eigenvalue weighted by molar-refractivity contribution is 8.18. The van der Waals surface area contributed by atoms with Gasteiger partial charge in [-0.1, -0.05) is 23.7 Å². The van der Waals surface area contributed by atoms with Crippen LogP contribution in [0, 0.1) is 0 Å². The van der Waals surface area contributed by atoms with Crippen LogP contribution in [0.25, 0.3) is 6.08 Å². The zero-order valence-electron chi connectivity index (χ0n) is 23.6. The summed E-state index contributed by atoms with van der Waals surface area (Å²) in [5, 5.41) is 10.7. The van der Waals surface area contributed by atoms with Gasteiger partial charge in [0.25, 0.3) is 11.1 Å². The molecule has 45 heavy (non-hydrogen) atoms. The summed E-state index contributed by atoms with van der Waals surface area (Å²) in [7, 11) is 1.21. The molecule has 0 unspecified atom stereocenters. The second kappa shape index (κ2) is 13.9. The lowest BCUT2D eigenvalue weighted by Crippen LogP contribution is -2.36. The van der Waals surface area contributed by atoms with Crippen molar-refractivity contribution >= 4 is 58.1 Å². The van der Waals surface area contributed by atoms with Crippen molar-refractivity contribution in [1.29, 1.82) is 0 Å². The number of carbonyl (C=O) groups excluding carboxylic acids is 3. The Kier molecular flexibility index (Phi) is 10.3. The van der Waals surface area contributed by atoms with Crippen LogP contribution in [0.1, 0.15) is 34.0 Å². The largest absolute Gasteiger partial charge is 0.495 e. The number of imide groups is 1. The number of carboxylic acids is 1. The number of aromatic carboxylic acids is 1. The Balaban J connectivity index is 1.49. The average Bonchev–Trinajstić information content (AvgIpc) is 3.23. The average molecular weight is 665 g/mol. The van der Waals surface area contributed by atoms with E-state index in [1.54, 1.807) is 25.1 Å². The van der Waals surface area contributed by atoms with E-state index < -0.39 is 41.3 Å². The van der Waals surface area contributed by atoms with Gasteiger partial charge in [-0.25, -0.2) is 4.79 Å². The van der Waals surface area contributed by atoms with Gasteiger partial charge in [0.1, 0.15) is 18.9 Å². The summed E-state index contributed by atoms with van der Waals surface area (Å²) in [5.41, 5.74) is -0.129. The summed E-state index contributed by atoms with van der Waals surface area (Å²) in [6, 6.07) is 11.6. The number of rotatable bonds is 11.